The number of nitrogens with one attached hydrogen (secondary N) is 1. The summed E-state index contributed by atoms with van der Waals surface area (Å²) in [5, 5.41) is 0. The number of imidazole rings is 2. The lowest BCUT2D eigenvalue weighted by Gasteiger charge is -2.35. The fraction of sp³-hybridized carbons (Fsp3) is 0.333. The van der Waals surface area contributed by atoms with Crippen LogP contribution in [0.25, 0.3) is 27.7 Å². The summed E-state index contributed by atoms with van der Waals surface area (Å²) in [4.78, 5) is 23.6. The van der Waals surface area contributed by atoms with Gasteiger partial charge in [-0.05, 0) is 44.5 Å². The Hall–Kier alpha value is -3.98. The second-order valence-corrected chi connectivity index (χ2v) is 9.40. The molecule has 2 atom stereocenters. The summed E-state index contributed by atoms with van der Waals surface area (Å²) in [5.74, 6) is 1.54. The normalized spacial score (nSPS) is 18.2. The Morgan fingerprint density at radius 2 is 1.83 bits per heavy atom. The first-order valence-corrected chi connectivity index (χ1v) is 12.3. The van der Waals surface area contributed by atoms with Crippen molar-refractivity contribution >= 4 is 22.5 Å². The molecule has 0 aliphatic carbocycles. The number of ether oxygens (including phenoxy) is 2. The van der Waals surface area contributed by atoms with Gasteiger partial charge < -0.3 is 19.4 Å². The molecule has 0 radical (unpaired) electrons. The Balaban J connectivity index is 1.32. The van der Waals surface area contributed by atoms with Crippen LogP contribution < -0.4 is 9.64 Å². The van der Waals surface area contributed by atoms with Gasteiger partial charge in [0.25, 0.3) is 0 Å². The number of hydrogen-bond donors (Lipinski definition) is 1. The van der Waals surface area contributed by atoms with E-state index in [-0.39, 0.29) is 12.2 Å². The van der Waals surface area contributed by atoms with E-state index in [1.54, 1.807) is 12.5 Å². The molecule has 6 rings (SSSR count). The number of hydrogen-bond acceptors (Lipinski definition) is 7. The maximum atomic E-state index is 5.96. The third-order valence-corrected chi connectivity index (χ3v) is 6.57. The van der Waals surface area contributed by atoms with Crippen LogP contribution in [0, 0.1) is 6.92 Å². The second-order valence-electron chi connectivity index (χ2n) is 9.40. The minimum Gasteiger partial charge on any atom is -0.477 e. The number of pyridine rings is 1. The van der Waals surface area contributed by atoms with Gasteiger partial charge in [0.1, 0.15) is 0 Å². The highest BCUT2D eigenvalue weighted by Crippen LogP contribution is 2.30. The van der Waals surface area contributed by atoms with E-state index in [0.717, 1.165) is 64.5 Å². The molecule has 1 aromatic carbocycles. The molecule has 0 saturated carbocycles. The number of rotatable bonds is 6. The molecule has 4 aromatic heterocycles. The van der Waals surface area contributed by atoms with Crippen molar-refractivity contribution in [2.75, 3.05) is 24.6 Å². The second kappa shape index (κ2) is 9.23. The Kier molecular flexibility index (Phi) is 5.77. The minimum atomic E-state index is 0.149. The number of aromatic nitrogens is 6. The van der Waals surface area contributed by atoms with Crippen LogP contribution >= 0.6 is 0 Å². The quantitative estimate of drug-likeness (QED) is 0.387. The highest BCUT2D eigenvalue weighted by atomic mass is 16.5. The first kappa shape index (κ1) is 22.5. The van der Waals surface area contributed by atoms with E-state index >= 15 is 0 Å². The van der Waals surface area contributed by atoms with Crippen molar-refractivity contribution in [2.45, 2.75) is 39.4 Å². The van der Waals surface area contributed by atoms with Crippen LogP contribution in [-0.4, -0.2) is 61.2 Å². The summed E-state index contributed by atoms with van der Waals surface area (Å²) in [6.07, 6.45) is 8.30. The molecule has 184 valence electrons. The highest BCUT2D eigenvalue weighted by Gasteiger charge is 2.26. The van der Waals surface area contributed by atoms with Gasteiger partial charge in [0.05, 0.1) is 53.6 Å². The fourth-order valence-electron chi connectivity index (χ4n) is 4.91. The average molecular weight is 484 g/mol. The molecule has 9 nitrogen and oxygen atoms in total. The first-order chi connectivity index (χ1) is 17.5. The zero-order chi connectivity index (χ0) is 24.6. The predicted octanol–water partition coefficient (Wildman–Crippen LogP) is 4.21. The molecule has 5 aromatic rings. The maximum Gasteiger partial charge on any atom is 0.213 e. The SMILES string of the molecule is Cc1nc(N2C[C@@H](C)O[C@@H](C)C2)n2c1cnc1ccc(-c3ccc(OCCc4cnc[nH]4)nc3)cc12. The third kappa shape index (κ3) is 4.26. The molecule has 1 fully saturated rings. The lowest BCUT2D eigenvalue weighted by atomic mass is 10.1. The monoisotopic (exact) mass is 483 g/mol. The van der Waals surface area contributed by atoms with E-state index in [1.807, 2.05) is 31.5 Å². The molecule has 0 unspecified atom stereocenters. The van der Waals surface area contributed by atoms with Gasteiger partial charge in [0, 0.05) is 49.2 Å². The number of morpholine rings is 1. The van der Waals surface area contributed by atoms with Crippen LogP contribution in [-0.2, 0) is 11.2 Å². The Bertz CT molecular complexity index is 1480. The molecule has 0 amide bonds. The molecule has 0 spiro atoms. The van der Waals surface area contributed by atoms with Crippen LogP contribution in [0.3, 0.4) is 0 Å². The standard InChI is InChI=1S/C27H29N7O2/c1-17-14-33(15-18(2)36-17)27-32-19(3)25-13-29-23-6-4-20(10-24(23)34(25)27)21-5-7-26(30-11-21)35-9-8-22-12-28-16-31-22/h4-7,10-13,16-18H,8-9,14-15H2,1-3H3,(H,28,31)/t17-,18+. The van der Waals surface area contributed by atoms with Crippen molar-refractivity contribution in [1.82, 2.24) is 29.3 Å². The number of benzene rings is 1. The molecular weight excluding hydrogens is 454 g/mol. The number of fused-ring (bicyclic) bond motifs is 3. The lowest BCUT2D eigenvalue weighted by Crippen LogP contribution is -2.46. The van der Waals surface area contributed by atoms with Gasteiger partial charge in [-0.2, -0.15) is 0 Å². The molecule has 36 heavy (non-hydrogen) atoms. The largest absolute Gasteiger partial charge is 0.477 e. The van der Waals surface area contributed by atoms with E-state index in [0.29, 0.717) is 12.5 Å². The molecule has 5 heterocycles. The van der Waals surface area contributed by atoms with Crippen molar-refractivity contribution in [1.29, 1.82) is 0 Å². The molecule has 1 N–H and O–H groups in total. The van der Waals surface area contributed by atoms with Crippen molar-refractivity contribution < 1.29 is 9.47 Å². The summed E-state index contributed by atoms with van der Waals surface area (Å²) >= 11 is 0. The predicted molar refractivity (Wildman–Crippen MR) is 138 cm³/mol. The number of aromatic amines is 1. The van der Waals surface area contributed by atoms with Gasteiger partial charge in [-0.15, -0.1) is 0 Å². The minimum absolute atomic E-state index is 0.149. The van der Waals surface area contributed by atoms with Gasteiger partial charge >= 0.3 is 0 Å². The van der Waals surface area contributed by atoms with Crippen LogP contribution in [0.2, 0.25) is 0 Å². The van der Waals surface area contributed by atoms with Gasteiger partial charge in [0.15, 0.2) is 0 Å². The molecule has 1 aliphatic rings. The summed E-state index contributed by atoms with van der Waals surface area (Å²) in [6, 6.07) is 10.3. The zero-order valence-electron chi connectivity index (χ0n) is 20.7. The zero-order valence-corrected chi connectivity index (χ0v) is 20.7. The van der Waals surface area contributed by atoms with E-state index < -0.39 is 0 Å². The van der Waals surface area contributed by atoms with Crippen LogP contribution in [0.15, 0.2) is 55.2 Å². The summed E-state index contributed by atoms with van der Waals surface area (Å²) in [5.41, 5.74) is 7.04. The number of H-pyrrole nitrogens is 1. The van der Waals surface area contributed by atoms with Crippen molar-refractivity contribution in [3.05, 3.63) is 66.6 Å². The Morgan fingerprint density at radius 3 is 2.58 bits per heavy atom. The summed E-state index contributed by atoms with van der Waals surface area (Å²) in [6.45, 7) is 8.41. The van der Waals surface area contributed by atoms with Crippen molar-refractivity contribution in [2.24, 2.45) is 0 Å². The Morgan fingerprint density at radius 1 is 1.00 bits per heavy atom. The first-order valence-electron chi connectivity index (χ1n) is 12.3. The van der Waals surface area contributed by atoms with Crippen LogP contribution in [0.1, 0.15) is 25.2 Å². The Labute approximate surface area is 209 Å². The van der Waals surface area contributed by atoms with Crippen LogP contribution in [0.4, 0.5) is 5.95 Å². The van der Waals surface area contributed by atoms with E-state index in [2.05, 4.69) is 56.3 Å². The maximum absolute atomic E-state index is 5.96. The molecular formula is C27H29N7O2. The molecule has 1 saturated heterocycles. The van der Waals surface area contributed by atoms with Gasteiger partial charge in [0.2, 0.25) is 11.8 Å². The average Bonchev–Trinajstić information content (AvgIpc) is 3.51. The number of nitrogens with zero attached hydrogens (tertiary/aromatic N) is 6. The van der Waals surface area contributed by atoms with Gasteiger partial charge in [-0.3, -0.25) is 9.38 Å². The van der Waals surface area contributed by atoms with Gasteiger partial charge in [-0.1, -0.05) is 6.07 Å². The van der Waals surface area contributed by atoms with E-state index in [1.165, 1.54) is 0 Å². The number of anilines is 1. The third-order valence-electron chi connectivity index (χ3n) is 6.57. The summed E-state index contributed by atoms with van der Waals surface area (Å²) < 4.78 is 14.0. The van der Waals surface area contributed by atoms with Crippen molar-refractivity contribution in [3.8, 4) is 17.0 Å². The highest BCUT2D eigenvalue weighted by molar-refractivity contribution is 5.85. The van der Waals surface area contributed by atoms with E-state index in [9.17, 15) is 0 Å². The molecule has 9 heteroatoms. The number of aryl methyl sites for hydroxylation is 1. The lowest BCUT2D eigenvalue weighted by molar-refractivity contribution is -0.00573. The molecule has 0 bridgehead atoms. The topological polar surface area (TPSA) is 93.5 Å². The smallest absolute Gasteiger partial charge is 0.213 e. The fourth-order valence-corrected chi connectivity index (χ4v) is 4.91. The molecule has 1 aliphatic heterocycles. The van der Waals surface area contributed by atoms with Crippen LogP contribution in [0.5, 0.6) is 5.88 Å². The van der Waals surface area contributed by atoms with Gasteiger partial charge in [-0.25, -0.2) is 15.0 Å². The summed E-state index contributed by atoms with van der Waals surface area (Å²) in [7, 11) is 0. The van der Waals surface area contributed by atoms with E-state index in [4.69, 9.17) is 19.4 Å². The van der Waals surface area contributed by atoms with Crippen molar-refractivity contribution in [3.63, 3.8) is 0 Å².